The number of pyridine rings is 1. The molecule has 0 bridgehead atoms. The molecular formula is C16H28N4O. The zero-order chi connectivity index (χ0) is 15.7. The Morgan fingerprint density at radius 2 is 1.95 bits per heavy atom. The van der Waals surface area contributed by atoms with E-state index in [0.29, 0.717) is 13.0 Å². The lowest BCUT2D eigenvalue weighted by Crippen LogP contribution is -2.44. The fraction of sp³-hybridized carbons (Fsp3) is 0.625. The van der Waals surface area contributed by atoms with Gasteiger partial charge in [0.05, 0.1) is 5.69 Å². The maximum absolute atomic E-state index is 12.3. The van der Waals surface area contributed by atoms with Gasteiger partial charge in [-0.25, -0.2) is 0 Å². The zero-order valence-corrected chi connectivity index (χ0v) is 13.5. The van der Waals surface area contributed by atoms with Crippen LogP contribution in [-0.4, -0.2) is 52.9 Å². The Morgan fingerprint density at radius 3 is 2.43 bits per heavy atom. The molecule has 0 radical (unpaired) electrons. The first-order valence-corrected chi connectivity index (χ1v) is 7.77. The van der Waals surface area contributed by atoms with E-state index < -0.39 is 0 Å². The summed E-state index contributed by atoms with van der Waals surface area (Å²) in [5.74, 6) is 0.176. The molecule has 0 aliphatic heterocycles. The summed E-state index contributed by atoms with van der Waals surface area (Å²) in [4.78, 5) is 20.7. The first kappa shape index (κ1) is 17.6. The van der Waals surface area contributed by atoms with E-state index in [1.165, 1.54) is 0 Å². The topological polar surface area (TPSA) is 62.5 Å². The highest BCUT2D eigenvalue weighted by Gasteiger charge is 2.21. The molecule has 1 heterocycles. The molecule has 0 aromatic carbocycles. The van der Waals surface area contributed by atoms with Crippen molar-refractivity contribution in [2.75, 3.05) is 26.2 Å². The van der Waals surface area contributed by atoms with Gasteiger partial charge in [-0.15, -0.1) is 0 Å². The predicted molar refractivity (Wildman–Crippen MR) is 85.7 cm³/mol. The lowest BCUT2D eigenvalue weighted by Gasteiger charge is -2.31. The summed E-state index contributed by atoms with van der Waals surface area (Å²) in [6, 6.07) is 5.95. The Balaban J connectivity index is 2.69. The second-order valence-corrected chi connectivity index (χ2v) is 5.04. The minimum absolute atomic E-state index is 0.0603. The number of carbonyl (C=O) groups is 1. The van der Waals surface area contributed by atoms with E-state index in [0.717, 1.165) is 31.9 Å². The summed E-state index contributed by atoms with van der Waals surface area (Å²) in [6.07, 6.45) is 2.26. The quantitative estimate of drug-likeness (QED) is 0.749. The Labute approximate surface area is 128 Å². The maximum Gasteiger partial charge on any atom is 0.224 e. The standard InChI is InChI=1S/C16H28N4O/c1-4-19(5-2)16(21)11-15(12-17)20(6-3)13-14-9-7-8-10-18-14/h7-10,15H,4-6,11-13,17H2,1-3H3. The van der Waals surface area contributed by atoms with Crippen molar-refractivity contribution in [3.8, 4) is 0 Å². The third-order valence-electron chi connectivity index (χ3n) is 3.81. The van der Waals surface area contributed by atoms with Gasteiger partial charge < -0.3 is 10.6 Å². The molecule has 1 unspecified atom stereocenters. The van der Waals surface area contributed by atoms with E-state index in [9.17, 15) is 4.79 Å². The number of amides is 1. The van der Waals surface area contributed by atoms with Gasteiger partial charge in [0.1, 0.15) is 0 Å². The highest BCUT2D eigenvalue weighted by Crippen LogP contribution is 2.10. The molecule has 0 aliphatic carbocycles. The molecule has 0 aliphatic rings. The molecule has 1 rings (SSSR count). The van der Waals surface area contributed by atoms with Crippen molar-refractivity contribution in [1.82, 2.24) is 14.8 Å². The molecule has 2 N–H and O–H groups in total. The fourth-order valence-electron chi connectivity index (χ4n) is 2.47. The van der Waals surface area contributed by atoms with E-state index in [2.05, 4.69) is 16.8 Å². The van der Waals surface area contributed by atoms with Crippen LogP contribution in [0.3, 0.4) is 0 Å². The van der Waals surface area contributed by atoms with Gasteiger partial charge in [0, 0.05) is 44.8 Å². The Kier molecular flexibility index (Phi) is 7.93. The van der Waals surface area contributed by atoms with E-state index in [4.69, 9.17) is 5.73 Å². The molecule has 1 amide bonds. The van der Waals surface area contributed by atoms with E-state index in [1.54, 1.807) is 6.20 Å². The largest absolute Gasteiger partial charge is 0.343 e. The number of carbonyl (C=O) groups excluding carboxylic acids is 1. The van der Waals surface area contributed by atoms with Gasteiger partial charge >= 0.3 is 0 Å². The van der Waals surface area contributed by atoms with Crippen LogP contribution >= 0.6 is 0 Å². The van der Waals surface area contributed by atoms with E-state index >= 15 is 0 Å². The van der Waals surface area contributed by atoms with Crippen molar-refractivity contribution in [3.05, 3.63) is 30.1 Å². The third kappa shape index (κ3) is 5.44. The molecule has 0 saturated carbocycles. The number of likely N-dealkylation sites (N-methyl/N-ethyl adjacent to an activating group) is 1. The summed E-state index contributed by atoms with van der Waals surface area (Å²) in [5.41, 5.74) is 6.91. The van der Waals surface area contributed by atoms with Crippen LogP contribution < -0.4 is 5.73 Å². The minimum Gasteiger partial charge on any atom is -0.343 e. The molecule has 5 nitrogen and oxygen atoms in total. The Bertz CT molecular complexity index is 406. The van der Waals surface area contributed by atoms with E-state index in [1.807, 2.05) is 36.9 Å². The van der Waals surface area contributed by atoms with Gasteiger partial charge in [0.15, 0.2) is 0 Å². The van der Waals surface area contributed by atoms with Crippen molar-refractivity contribution >= 4 is 5.91 Å². The summed E-state index contributed by atoms with van der Waals surface area (Å²) < 4.78 is 0. The van der Waals surface area contributed by atoms with Crippen LogP contribution in [0.4, 0.5) is 0 Å². The first-order valence-electron chi connectivity index (χ1n) is 7.77. The van der Waals surface area contributed by atoms with Gasteiger partial charge in [-0.3, -0.25) is 14.7 Å². The smallest absolute Gasteiger partial charge is 0.224 e. The molecule has 1 atom stereocenters. The summed E-state index contributed by atoms with van der Waals surface area (Å²) in [6.45, 7) is 9.66. The number of rotatable bonds is 9. The molecule has 0 saturated heterocycles. The summed E-state index contributed by atoms with van der Waals surface area (Å²) in [5, 5.41) is 0. The second-order valence-electron chi connectivity index (χ2n) is 5.04. The molecule has 21 heavy (non-hydrogen) atoms. The first-order chi connectivity index (χ1) is 10.2. The Morgan fingerprint density at radius 1 is 1.24 bits per heavy atom. The number of nitrogens with zero attached hydrogens (tertiary/aromatic N) is 3. The maximum atomic E-state index is 12.3. The van der Waals surface area contributed by atoms with Gasteiger partial charge in [-0.05, 0) is 32.5 Å². The fourth-order valence-corrected chi connectivity index (χ4v) is 2.47. The van der Waals surface area contributed by atoms with Crippen molar-refractivity contribution in [2.24, 2.45) is 5.73 Å². The number of hydrogen-bond donors (Lipinski definition) is 1. The van der Waals surface area contributed by atoms with Gasteiger partial charge in [-0.2, -0.15) is 0 Å². The van der Waals surface area contributed by atoms with Crippen molar-refractivity contribution in [1.29, 1.82) is 0 Å². The lowest BCUT2D eigenvalue weighted by molar-refractivity contribution is -0.132. The second kappa shape index (κ2) is 9.47. The summed E-state index contributed by atoms with van der Waals surface area (Å²) in [7, 11) is 0. The van der Waals surface area contributed by atoms with Crippen molar-refractivity contribution < 1.29 is 4.79 Å². The normalized spacial score (nSPS) is 12.4. The monoisotopic (exact) mass is 292 g/mol. The highest BCUT2D eigenvalue weighted by atomic mass is 16.2. The van der Waals surface area contributed by atoms with Crippen LogP contribution in [0, 0.1) is 0 Å². The average Bonchev–Trinajstić information content (AvgIpc) is 2.52. The van der Waals surface area contributed by atoms with Crippen LogP contribution in [0.25, 0.3) is 0 Å². The predicted octanol–water partition coefficient (Wildman–Crippen LogP) is 1.49. The van der Waals surface area contributed by atoms with E-state index in [-0.39, 0.29) is 11.9 Å². The van der Waals surface area contributed by atoms with Gasteiger partial charge in [0.2, 0.25) is 5.91 Å². The third-order valence-corrected chi connectivity index (χ3v) is 3.81. The number of hydrogen-bond acceptors (Lipinski definition) is 4. The number of aromatic nitrogens is 1. The van der Waals surface area contributed by atoms with Crippen LogP contribution in [-0.2, 0) is 11.3 Å². The van der Waals surface area contributed by atoms with Gasteiger partial charge in [-0.1, -0.05) is 13.0 Å². The van der Waals surface area contributed by atoms with Crippen LogP contribution in [0.1, 0.15) is 32.9 Å². The van der Waals surface area contributed by atoms with Crippen LogP contribution in [0.2, 0.25) is 0 Å². The molecule has 5 heteroatoms. The molecule has 118 valence electrons. The van der Waals surface area contributed by atoms with Crippen LogP contribution in [0.5, 0.6) is 0 Å². The molecule has 0 spiro atoms. The SMILES string of the molecule is CCN(CC)C(=O)CC(CN)N(CC)Cc1ccccn1. The lowest BCUT2D eigenvalue weighted by atomic mass is 10.1. The number of nitrogens with two attached hydrogens (primary N) is 1. The van der Waals surface area contributed by atoms with Gasteiger partial charge in [0.25, 0.3) is 0 Å². The van der Waals surface area contributed by atoms with Crippen LogP contribution in [0.15, 0.2) is 24.4 Å². The highest BCUT2D eigenvalue weighted by molar-refractivity contribution is 5.76. The molecular weight excluding hydrogens is 264 g/mol. The summed E-state index contributed by atoms with van der Waals surface area (Å²) >= 11 is 0. The molecule has 0 fully saturated rings. The molecule has 1 aromatic heterocycles. The molecule has 1 aromatic rings. The van der Waals surface area contributed by atoms with Crippen molar-refractivity contribution in [3.63, 3.8) is 0 Å². The van der Waals surface area contributed by atoms with Crippen molar-refractivity contribution in [2.45, 2.75) is 39.8 Å². The average molecular weight is 292 g/mol. The minimum atomic E-state index is 0.0603. The zero-order valence-electron chi connectivity index (χ0n) is 13.5. The Hall–Kier alpha value is -1.46.